The molecular weight excluding hydrogens is 376 g/mol. The summed E-state index contributed by atoms with van der Waals surface area (Å²) in [6.07, 6.45) is 3.79. The molecule has 0 aliphatic carbocycles. The van der Waals surface area contributed by atoms with E-state index in [9.17, 15) is 14.4 Å². The minimum atomic E-state index is -0.964. The number of rotatable bonds is 10. The van der Waals surface area contributed by atoms with E-state index in [1.807, 2.05) is 6.92 Å². The fourth-order valence-electron chi connectivity index (χ4n) is 5.42. The molecule has 3 fully saturated rings. The van der Waals surface area contributed by atoms with E-state index in [-0.39, 0.29) is 37.2 Å². The van der Waals surface area contributed by atoms with Crippen LogP contribution < -0.4 is 5.32 Å². The Morgan fingerprint density at radius 2 is 2.14 bits per heavy atom. The van der Waals surface area contributed by atoms with Gasteiger partial charge >= 0.3 is 5.97 Å². The van der Waals surface area contributed by atoms with E-state index in [0.29, 0.717) is 32.2 Å². The van der Waals surface area contributed by atoms with E-state index in [4.69, 9.17) is 14.6 Å². The van der Waals surface area contributed by atoms with Crippen molar-refractivity contribution in [2.24, 2.45) is 11.8 Å². The van der Waals surface area contributed by atoms with Crippen LogP contribution in [0.1, 0.15) is 59.3 Å². The number of aliphatic hydroxyl groups excluding tert-OH is 1. The molecule has 3 heterocycles. The highest BCUT2D eigenvalue weighted by molar-refractivity contribution is 5.98. The van der Waals surface area contributed by atoms with Gasteiger partial charge < -0.3 is 24.8 Å². The number of esters is 1. The van der Waals surface area contributed by atoms with Gasteiger partial charge in [0.25, 0.3) is 0 Å². The summed E-state index contributed by atoms with van der Waals surface area (Å²) in [5, 5.41) is 12.2. The number of fused-ring (bicyclic) bond motifs is 1. The summed E-state index contributed by atoms with van der Waals surface area (Å²) in [5.74, 6) is -2.15. The fourth-order valence-corrected chi connectivity index (χ4v) is 5.42. The second-order valence-electron chi connectivity index (χ2n) is 8.47. The minimum Gasteiger partial charge on any atom is -0.466 e. The van der Waals surface area contributed by atoms with Crippen LogP contribution >= 0.6 is 0 Å². The summed E-state index contributed by atoms with van der Waals surface area (Å²) in [6.45, 7) is 6.40. The highest BCUT2D eigenvalue weighted by Crippen LogP contribution is 2.58. The number of hydrogen-bond acceptors (Lipinski definition) is 6. The summed E-state index contributed by atoms with van der Waals surface area (Å²) >= 11 is 0. The van der Waals surface area contributed by atoms with Crippen LogP contribution in [0.15, 0.2) is 0 Å². The largest absolute Gasteiger partial charge is 0.466 e. The Balaban J connectivity index is 1.90. The summed E-state index contributed by atoms with van der Waals surface area (Å²) in [6, 6.07) is -0.751. The van der Waals surface area contributed by atoms with Gasteiger partial charge in [-0.15, -0.1) is 0 Å². The van der Waals surface area contributed by atoms with E-state index in [0.717, 1.165) is 12.8 Å². The highest BCUT2D eigenvalue weighted by Gasteiger charge is 2.74. The molecule has 3 unspecified atom stereocenters. The molecule has 3 saturated heterocycles. The van der Waals surface area contributed by atoms with Crippen molar-refractivity contribution in [2.45, 2.75) is 83.1 Å². The first-order chi connectivity index (χ1) is 13.9. The number of likely N-dealkylation sites (tertiary alicyclic amines) is 1. The van der Waals surface area contributed by atoms with Crippen LogP contribution in [0, 0.1) is 11.8 Å². The molecule has 3 aliphatic rings. The van der Waals surface area contributed by atoms with Gasteiger partial charge in [0.15, 0.2) is 0 Å². The first-order valence-corrected chi connectivity index (χ1v) is 11.0. The molecule has 0 saturated carbocycles. The van der Waals surface area contributed by atoms with Gasteiger partial charge in [0.2, 0.25) is 11.8 Å². The molecule has 164 valence electrons. The van der Waals surface area contributed by atoms with Crippen LogP contribution in [0.4, 0.5) is 0 Å². The summed E-state index contributed by atoms with van der Waals surface area (Å²) in [4.78, 5) is 40.9. The topological polar surface area (TPSA) is 105 Å². The molecule has 6 atom stereocenters. The smallest absolute Gasteiger partial charge is 0.312 e. The number of ether oxygens (including phenoxy) is 2. The lowest BCUT2D eigenvalue weighted by atomic mass is 9.70. The molecule has 8 nitrogen and oxygen atoms in total. The molecule has 0 radical (unpaired) electrons. The van der Waals surface area contributed by atoms with Gasteiger partial charge in [-0.1, -0.05) is 13.3 Å². The molecule has 3 rings (SSSR count). The highest BCUT2D eigenvalue weighted by atomic mass is 16.6. The quantitative estimate of drug-likeness (QED) is 0.411. The van der Waals surface area contributed by atoms with Crippen LogP contribution in [0.25, 0.3) is 0 Å². The molecule has 2 N–H and O–H groups in total. The van der Waals surface area contributed by atoms with E-state index < -0.39 is 29.4 Å². The molecule has 0 aromatic heterocycles. The molecule has 0 aromatic carbocycles. The molecule has 1 spiro atoms. The zero-order chi connectivity index (χ0) is 21.2. The zero-order valence-electron chi connectivity index (χ0n) is 17.7. The number of amides is 2. The SMILES string of the molecule is CCCC(C)NC(=O)C1N(CCCCO)C(=O)[C@@H]2[C@H](C(=O)OCC)[C@@H]3CCC12O3. The van der Waals surface area contributed by atoms with E-state index in [1.54, 1.807) is 11.8 Å². The molecule has 3 aliphatic heterocycles. The number of hydrogen-bond donors (Lipinski definition) is 2. The number of aliphatic hydroxyl groups is 1. The van der Waals surface area contributed by atoms with Crippen molar-refractivity contribution in [1.82, 2.24) is 10.2 Å². The average molecular weight is 411 g/mol. The molecular formula is C21H34N2O6. The second kappa shape index (κ2) is 9.00. The predicted octanol–water partition coefficient (Wildman–Crippen LogP) is 1.00. The van der Waals surface area contributed by atoms with Gasteiger partial charge in [0.05, 0.1) is 24.5 Å². The van der Waals surface area contributed by atoms with Crippen molar-refractivity contribution in [1.29, 1.82) is 0 Å². The predicted molar refractivity (Wildman–Crippen MR) is 105 cm³/mol. The lowest BCUT2D eigenvalue weighted by molar-refractivity contribution is -0.154. The Labute approximate surface area is 172 Å². The van der Waals surface area contributed by atoms with E-state index in [2.05, 4.69) is 12.2 Å². The van der Waals surface area contributed by atoms with Crippen molar-refractivity contribution < 1.29 is 29.0 Å². The Hall–Kier alpha value is -1.67. The Kier molecular flexibility index (Phi) is 6.83. The third kappa shape index (κ3) is 3.77. The van der Waals surface area contributed by atoms with Crippen molar-refractivity contribution >= 4 is 17.8 Å². The standard InChI is InChI=1S/C21H34N2O6/c1-4-8-13(3)22-18(25)17-21-10-9-14(29-21)15(20(27)28-5-2)16(21)19(26)23(17)11-6-7-12-24/h13-17,24H,4-12H2,1-3H3,(H,22,25)/t13?,14-,15+,16-,17?,21?/m0/s1. The summed E-state index contributed by atoms with van der Waals surface area (Å²) in [7, 11) is 0. The first-order valence-electron chi connectivity index (χ1n) is 11.0. The molecule has 8 heteroatoms. The van der Waals surface area contributed by atoms with Gasteiger partial charge in [-0.05, 0) is 46.0 Å². The van der Waals surface area contributed by atoms with E-state index in [1.165, 1.54) is 0 Å². The van der Waals surface area contributed by atoms with Crippen molar-refractivity contribution in [3.8, 4) is 0 Å². The van der Waals surface area contributed by atoms with Crippen LogP contribution in [-0.4, -0.2) is 71.3 Å². The van der Waals surface area contributed by atoms with Gasteiger partial charge in [-0.3, -0.25) is 14.4 Å². The lowest BCUT2D eigenvalue weighted by Gasteiger charge is -2.34. The van der Waals surface area contributed by atoms with Crippen molar-refractivity contribution in [3.63, 3.8) is 0 Å². The number of nitrogens with zero attached hydrogens (tertiary/aromatic N) is 1. The second-order valence-corrected chi connectivity index (χ2v) is 8.47. The van der Waals surface area contributed by atoms with Crippen LogP contribution in [0.5, 0.6) is 0 Å². The molecule has 0 aromatic rings. The Bertz CT molecular complexity index is 641. The normalized spacial score (nSPS) is 33.7. The van der Waals surface area contributed by atoms with Crippen LogP contribution in [0.3, 0.4) is 0 Å². The monoisotopic (exact) mass is 410 g/mol. The third-order valence-electron chi connectivity index (χ3n) is 6.52. The lowest BCUT2D eigenvalue weighted by Crippen LogP contribution is -2.56. The zero-order valence-corrected chi connectivity index (χ0v) is 17.7. The molecule has 2 bridgehead atoms. The molecule has 2 amide bonds. The summed E-state index contributed by atoms with van der Waals surface area (Å²) < 4.78 is 11.5. The summed E-state index contributed by atoms with van der Waals surface area (Å²) in [5.41, 5.74) is -0.964. The maximum atomic E-state index is 13.4. The van der Waals surface area contributed by atoms with Gasteiger partial charge in [0, 0.05) is 19.2 Å². The van der Waals surface area contributed by atoms with Crippen LogP contribution in [-0.2, 0) is 23.9 Å². The van der Waals surface area contributed by atoms with Gasteiger partial charge in [0.1, 0.15) is 11.6 Å². The van der Waals surface area contributed by atoms with E-state index >= 15 is 0 Å². The van der Waals surface area contributed by atoms with Crippen molar-refractivity contribution in [3.05, 3.63) is 0 Å². The number of carbonyl (C=O) groups excluding carboxylic acids is 3. The fraction of sp³-hybridized carbons (Fsp3) is 0.857. The number of nitrogens with one attached hydrogen (secondary N) is 1. The Morgan fingerprint density at radius 3 is 2.79 bits per heavy atom. The van der Waals surface area contributed by atoms with Gasteiger partial charge in [-0.25, -0.2) is 0 Å². The maximum absolute atomic E-state index is 13.4. The third-order valence-corrected chi connectivity index (χ3v) is 6.52. The number of unbranched alkanes of at least 4 members (excludes halogenated alkanes) is 1. The minimum absolute atomic E-state index is 0.00296. The number of carbonyl (C=O) groups is 3. The van der Waals surface area contributed by atoms with Crippen LogP contribution in [0.2, 0.25) is 0 Å². The Morgan fingerprint density at radius 1 is 1.38 bits per heavy atom. The van der Waals surface area contributed by atoms with Gasteiger partial charge in [-0.2, -0.15) is 0 Å². The maximum Gasteiger partial charge on any atom is 0.312 e. The average Bonchev–Trinajstić information content (AvgIpc) is 3.30. The first kappa shape index (κ1) is 22.0. The molecule has 29 heavy (non-hydrogen) atoms. The van der Waals surface area contributed by atoms with Crippen molar-refractivity contribution in [2.75, 3.05) is 19.8 Å².